The molecule has 3 heterocycles. The molecule has 0 unspecified atom stereocenters. The Morgan fingerprint density at radius 2 is 2.00 bits per heavy atom. The van der Waals surface area contributed by atoms with E-state index in [2.05, 4.69) is 15.3 Å². The summed E-state index contributed by atoms with van der Waals surface area (Å²) in [5, 5.41) is 5.79. The van der Waals surface area contributed by atoms with Crippen LogP contribution in [0.5, 0.6) is 5.75 Å². The molecular formula is C19H17FN4OS. The highest BCUT2D eigenvalue weighted by Gasteiger charge is 2.14. The van der Waals surface area contributed by atoms with E-state index in [0.717, 1.165) is 28.3 Å². The number of hydrogen-bond donors (Lipinski definition) is 1. The molecule has 0 amide bonds. The maximum atomic E-state index is 13.8. The van der Waals surface area contributed by atoms with E-state index >= 15 is 0 Å². The van der Waals surface area contributed by atoms with Crippen LogP contribution < -0.4 is 10.1 Å². The van der Waals surface area contributed by atoms with Crippen molar-refractivity contribution in [2.45, 2.75) is 13.8 Å². The first-order chi connectivity index (χ1) is 12.5. The van der Waals surface area contributed by atoms with E-state index < -0.39 is 5.82 Å². The molecule has 0 bridgehead atoms. The van der Waals surface area contributed by atoms with Gasteiger partial charge in [-0.3, -0.25) is 4.40 Å². The maximum Gasteiger partial charge on any atom is 0.187 e. The predicted octanol–water partition coefficient (Wildman–Crippen LogP) is 4.97. The first-order valence-electron chi connectivity index (χ1n) is 8.07. The van der Waals surface area contributed by atoms with Crippen LogP contribution in [-0.4, -0.2) is 21.5 Å². The maximum absolute atomic E-state index is 13.8. The molecule has 1 aromatic carbocycles. The van der Waals surface area contributed by atoms with Crippen LogP contribution in [0.4, 0.5) is 15.2 Å². The minimum absolute atomic E-state index is 0.215. The molecule has 0 aliphatic heterocycles. The largest absolute Gasteiger partial charge is 0.494 e. The summed E-state index contributed by atoms with van der Waals surface area (Å²) < 4.78 is 20.8. The van der Waals surface area contributed by atoms with Gasteiger partial charge in [0.2, 0.25) is 0 Å². The van der Waals surface area contributed by atoms with Crippen molar-refractivity contribution in [3.8, 4) is 17.1 Å². The molecule has 1 N–H and O–H groups in total. The summed E-state index contributed by atoms with van der Waals surface area (Å²) in [5.41, 5.74) is 5.40. The molecule has 0 aliphatic carbocycles. The molecule has 0 atom stereocenters. The molecule has 0 saturated carbocycles. The van der Waals surface area contributed by atoms with Crippen molar-refractivity contribution in [3.63, 3.8) is 0 Å². The number of nitrogens with one attached hydrogen (secondary N) is 1. The topological polar surface area (TPSA) is 51.5 Å². The molecule has 0 radical (unpaired) electrons. The average molecular weight is 368 g/mol. The van der Waals surface area contributed by atoms with Crippen molar-refractivity contribution in [2.75, 3.05) is 12.4 Å². The van der Waals surface area contributed by atoms with Crippen LogP contribution in [0.2, 0.25) is 0 Å². The number of imidazole rings is 1. The minimum atomic E-state index is -0.415. The van der Waals surface area contributed by atoms with E-state index in [-0.39, 0.29) is 5.75 Å². The summed E-state index contributed by atoms with van der Waals surface area (Å²) in [6.45, 7) is 4.02. The lowest BCUT2D eigenvalue weighted by Crippen LogP contribution is -1.94. The molecule has 26 heavy (non-hydrogen) atoms. The number of pyridine rings is 1. The van der Waals surface area contributed by atoms with E-state index in [9.17, 15) is 4.39 Å². The summed E-state index contributed by atoms with van der Waals surface area (Å²) in [7, 11) is 1.44. The second-order valence-corrected chi connectivity index (χ2v) is 6.85. The Kier molecular flexibility index (Phi) is 4.08. The molecule has 4 rings (SSSR count). The van der Waals surface area contributed by atoms with Crippen LogP contribution in [0.3, 0.4) is 0 Å². The Morgan fingerprint density at radius 3 is 2.77 bits per heavy atom. The van der Waals surface area contributed by atoms with Gasteiger partial charge >= 0.3 is 0 Å². The zero-order valence-corrected chi connectivity index (χ0v) is 15.4. The van der Waals surface area contributed by atoms with Crippen molar-refractivity contribution in [1.82, 2.24) is 14.4 Å². The Balaban J connectivity index is 1.66. The number of aryl methyl sites for hydroxylation is 2. The first-order valence-corrected chi connectivity index (χ1v) is 8.95. The van der Waals surface area contributed by atoms with Crippen molar-refractivity contribution in [1.29, 1.82) is 0 Å². The van der Waals surface area contributed by atoms with Crippen LogP contribution in [0, 0.1) is 19.7 Å². The number of benzene rings is 1. The highest BCUT2D eigenvalue weighted by molar-refractivity contribution is 7.14. The fourth-order valence-corrected chi connectivity index (χ4v) is 3.60. The van der Waals surface area contributed by atoms with Gasteiger partial charge < -0.3 is 10.1 Å². The molecule has 4 aromatic rings. The minimum Gasteiger partial charge on any atom is -0.494 e. The number of nitrogens with zero attached hydrogens (tertiary/aromatic N) is 3. The van der Waals surface area contributed by atoms with Gasteiger partial charge in [0.1, 0.15) is 11.3 Å². The number of thiazole rings is 1. The third kappa shape index (κ3) is 2.90. The van der Waals surface area contributed by atoms with Crippen molar-refractivity contribution < 1.29 is 9.13 Å². The van der Waals surface area contributed by atoms with Gasteiger partial charge in [0.15, 0.2) is 16.7 Å². The van der Waals surface area contributed by atoms with E-state index in [0.29, 0.717) is 10.8 Å². The van der Waals surface area contributed by atoms with Gasteiger partial charge in [-0.1, -0.05) is 0 Å². The number of methoxy groups -OCH3 is 1. The monoisotopic (exact) mass is 368 g/mol. The second kappa shape index (κ2) is 6.42. The molecule has 132 valence electrons. The normalized spacial score (nSPS) is 11.1. The molecule has 5 nitrogen and oxygen atoms in total. The highest BCUT2D eigenvalue weighted by Crippen LogP contribution is 2.31. The lowest BCUT2D eigenvalue weighted by molar-refractivity contribution is 0.386. The van der Waals surface area contributed by atoms with Crippen molar-refractivity contribution >= 4 is 27.8 Å². The molecule has 0 aliphatic rings. The standard InChI is InChI=1S/C19H17FN4OS/c1-11-6-7-24-17(8-11)21-12(2)18(24)15-10-26-19(23-15)22-13-4-5-16(25-3)14(20)9-13/h4-10H,1-3H3,(H,22,23). The Bertz CT molecular complexity index is 1100. The molecule has 0 saturated heterocycles. The Labute approximate surface area is 154 Å². The Hall–Kier alpha value is -2.93. The second-order valence-electron chi connectivity index (χ2n) is 5.99. The fraction of sp³-hybridized carbons (Fsp3) is 0.158. The lowest BCUT2D eigenvalue weighted by atomic mass is 10.2. The number of halogens is 1. The third-order valence-corrected chi connectivity index (χ3v) is 4.86. The summed E-state index contributed by atoms with van der Waals surface area (Å²) in [6.07, 6.45) is 2.01. The van der Waals surface area contributed by atoms with Gasteiger partial charge in [-0.25, -0.2) is 14.4 Å². The van der Waals surface area contributed by atoms with E-state index in [1.807, 2.05) is 42.0 Å². The molecule has 0 fully saturated rings. The summed E-state index contributed by atoms with van der Waals surface area (Å²) in [6, 6.07) is 8.82. The van der Waals surface area contributed by atoms with Crippen LogP contribution >= 0.6 is 11.3 Å². The van der Waals surface area contributed by atoms with Crippen LogP contribution in [0.15, 0.2) is 41.9 Å². The van der Waals surface area contributed by atoms with Crippen LogP contribution in [0.1, 0.15) is 11.3 Å². The predicted molar refractivity (Wildman–Crippen MR) is 102 cm³/mol. The third-order valence-electron chi connectivity index (χ3n) is 4.11. The number of anilines is 2. The number of rotatable bonds is 4. The van der Waals surface area contributed by atoms with Gasteiger partial charge in [0.05, 0.1) is 18.5 Å². The number of ether oxygens (including phenoxy) is 1. The first kappa shape index (κ1) is 16.5. The van der Waals surface area contributed by atoms with Gasteiger partial charge in [0.25, 0.3) is 0 Å². The van der Waals surface area contributed by atoms with Gasteiger partial charge in [-0.05, 0) is 43.7 Å². The van der Waals surface area contributed by atoms with E-state index in [4.69, 9.17) is 4.74 Å². The zero-order chi connectivity index (χ0) is 18.3. The Morgan fingerprint density at radius 1 is 1.15 bits per heavy atom. The quantitative estimate of drug-likeness (QED) is 0.553. The van der Waals surface area contributed by atoms with Gasteiger partial charge in [-0.2, -0.15) is 0 Å². The summed E-state index contributed by atoms with van der Waals surface area (Å²) in [4.78, 5) is 9.26. The average Bonchev–Trinajstić information content (AvgIpc) is 3.17. The number of aromatic nitrogens is 3. The SMILES string of the molecule is COc1ccc(Nc2nc(-c3c(C)nc4cc(C)ccn34)cs2)cc1F. The molecule has 0 spiro atoms. The molecule has 7 heteroatoms. The molecular weight excluding hydrogens is 351 g/mol. The summed E-state index contributed by atoms with van der Waals surface area (Å²) in [5.74, 6) is -0.200. The highest BCUT2D eigenvalue weighted by atomic mass is 32.1. The van der Waals surface area contributed by atoms with E-state index in [1.54, 1.807) is 12.1 Å². The van der Waals surface area contributed by atoms with Crippen LogP contribution in [0.25, 0.3) is 17.0 Å². The molecule has 3 aromatic heterocycles. The smallest absolute Gasteiger partial charge is 0.187 e. The lowest BCUT2D eigenvalue weighted by Gasteiger charge is -2.05. The van der Waals surface area contributed by atoms with Gasteiger partial charge in [0, 0.05) is 23.3 Å². The van der Waals surface area contributed by atoms with Gasteiger partial charge in [-0.15, -0.1) is 11.3 Å². The number of fused-ring (bicyclic) bond motifs is 1. The van der Waals surface area contributed by atoms with Crippen LogP contribution in [-0.2, 0) is 0 Å². The van der Waals surface area contributed by atoms with Crippen molar-refractivity contribution in [3.05, 3.63) is 59.0 Å². The zero-order valence-electron chi connectivity index (χ0n) is 14.6. The summed E-state index contributed by atoms with van der Waals surface area (Å²) >= 11 is 1.46. The van der Waals surface area contributed by atoms with Crippen molar-refractivity contribution in [2.24, 2.45) is 0 Å². The number of hydrogen-bond acceptors (Lipinski definition) is 5. The van der Waals surface area contributed by atoms with E-state index in [1.165, 1.54) is 24.5 Å². The fourth-order valence-electron chi connectivity index (χ4n) is 2.88.